The Kier molecular flexibility index (Phi) is 4.07. The molecule has 0 aromatic heterocycles. The van der Waals surface area contributed by atoms with Crippen LogP contribution in [0.5, 0.6) is 0 Å². The fourth-order valence-electron chi connectivity index (χ4n) is 8.92. The summed E-state index contributed by atoms with van der Waals surface area (Å²) < 4.78 is 0. The van der Waals surface area contributed by atoms with Crippen LogP contribution in [0.25, 0.3) is 0 Å². The maximum Gasteiger partial charge on any atom is 0.250 e. The summed E-state index contributed by atoms with van der Waals surface area (Å²) >= 11 is 0. The van der Waals surface area contributed by atoms with Crippen molar-refractivity contribution in [1.82, 2.24) is 4.90 Å². The van der Waals surface area contributed by atoms with Gasteiger partial charge in [-0.2, -0.15) is 0 Å². The zero-order valence-electron chi connectivity index (χ0n) is 20.1. The molecule has 2 saturated heterocycles. The number of benzene rings is 3. The van der Waals surface area contributed by atoms with Crippen molar-refractivity contribution < 1.29 is 9.59 Å². The van der Waals surface area contributed by atoms with E-state index in [9.17, 15) is 4.79 Å². The quantitative estimate of drug-likeness (QED) is 0.519. The van der Waals surface area contributed by atoms with Crippen LogP contribution in [-0.4, -0.2) is 35.2 Å². The van der Waals surface area contributed by atoms with Crippen LogP contribution >= 0.6 is 0 Å². The molecule has 0 bridgehead atoms. The Bertz CT molecular complexity index is 1420. The van der Waals surface area contributed by atoms with Gasteiger partial charge in [0.2, 0.25) is 0 Å². The van der Waals surface area contributed by atoms with Crippen molar-refractivity contribution in [1.29, 1.82) is 0 Å². The van der Waals surface area contributed by atoms with Crippen molar-refractivity contribution in [2.75, 3.05) is 17.2 Å². The van der Waals surface area contributed by atoms with Gasteiger partial charge in [-0.25, -0.2) is 0 Å². The average molecular weight is 476 g/mol. The van der Waals surface area contributed by atoms with Gasteiger partial charge in [-0.3, -0.25) is 14.5 Å². The van der Waals surface area contributed by atoms with Gasteiger partial charge in [0.25, 0.3) is 5.91 Å². The second-order valence-electron chi connectivity index (χ2n) is 11.2. The number of ketones is 1. The molecule has 3 unspecified atom stereocenters. The molecule has 5 aliphatic rings. The van der Waals surface area contributed by atoms with E-state index in [1.165, 1.54) is 11.1 Å². The molecular weight excluding hydrogens is 446 g/mol. The highest BCUT2D eigenvalue weighted by Crippen LogP contribution is 2.71. The summed E-state index contributed by atoms with van der Waals surface area (Å²) in [4.78, 5) is 32.0. The lowest BCUT2D eigenvalue weighted by atomic mass is 9.51. The highest BCUT2D eigenvalue weighted by atomic mass is 16.2. The number of fused-ring (bicyclic) bond motifs is 8. The first-order valence-corrected chi connectivity index (χ1v) is 13.3. The van der Waals surface area contributed by atoms with E-state index in [-0.39, 0.29) is 35.6 Å². The van der Waals surface area contributed by atoms with Crippen molar-refractivity contribution >= 4 is 23.1 Å². The number of nitrogens with zero attached hydrogens (tertiary/aromatic N) is 1. The molecule has 3 aromatic carbocycles. The molecule has 3 aromatic rings. The lowest BCUT2D eigenvalue weighted by Gasteiger charge is -2.51. The Balaban J connectivity index is 1.40. The molecule has 5 heteroatoms. The van der Waals surface area contributed by atoms with Crippen LogP contribution in [0.1, 0.15) is 54.2 Å². The Morgan fingerprint density at radius 1 is 0.833 bits per heavy atom. The standard InChI is InChI=1S/C31H29N3O2/c35-28-27-21(20-11-4-6-13-23(20)32-27)16-17-30(28)26(19-9-2-1-3-10-19)25-15-8-18-34(25)31(30)22-12-5-7-14-24(22)33-29(31)36/h1-7,9-14,21,25-27,32H,8,15-18H2,(H,33,36)/t21?,25?,26-,27?,30+,31-/m0/s1. The monoisotopic (exact) mass is 475 g/mol. The van der Waals surface area contributed by atoms with Crippen molar-refractivity contribution in [3.8, 4) is 0 Å². The predicted molar refractivity (Wildman–Crippen MR) is 139 cm³/mol. The molecule has 36 heavy (non-hydrogen) atoms. The summed E-state index contributed by atoms with van der Waals surface area (Å²) in [6.07, 6.45) is 3.65. The maximum atomic E-state index is 15.2. The molecule has 4 aliphatic heterocycles. The summed E-state index contributed by atoms with van der Waals surface area (Å²) in [5.41, 5.74) is 3.52. The van der Waals surface area contributed by atoms with Gasteiger partial charge >= 0.3 is 0 Å². The maximum absolute atomic E-state index is 15.2. The third-order valence-corrected chi connectivity index (χ3v) is 9.99. The second-order valence-corrected chi connectivity index (χ2v) is 11.2. The Morgan fingerprint density at radius 2 is 1.58 bits per heavy atom. The number of hydrogen-bond donors (Lipinski definition) is 2. The van der Waals surface area contributed by atoms with Crippen molar-refractivity contribution in [3.05, 3.63) is 95.6 Å². The average Bonchev–Trinajstić information content (AvgIpc) is 3.64. The van der Waals surface area contributed by atoms with Crippen LogP contribution in [0.2, 0.25) is 0 Å². The van der Waals surface area contributed by atoms with E-state index in [0.717, 1.165) is 42.7 Å². The molecule has 5 nitrogen and oxygen atoms in total. The Hall–Kier alpha value is -3.44. The fraction of sp³-hybridized carbons (Fsp3) is 0.355. The van der Waals surface area contributed by atoms with E-state index in [0.29, 0.717) is 6.42 Å². The molecule has 6 atom stereocenters. The summed E-state index contributed by atoms with van der Waals surface area (Å²) in [5, 5.41) is 6.85. The number of Topliss-reactive ketones (excluding diaryl/α,β-unsaturated/α-hetero) is 1. The summed E-state index contributed by atoms with van der Waals surface area (Å²) in [7, 11) is 0. The Morgan fingerprint density at radius 3 is 2.44 bits per heavy atom. The van der Waals surface area contributed by atoms with E-state index in [1.54, 1.807) is 0 Å². The number of anilines is 2. The smallest absolute Gasteiger partial charge is 0.250 e. The first-order valence-electron chi connectivity index (χ1n) is 13.3. The van der Waals surface area contributed by atoms with Gasteiger partial charge in [0.05, 0.1) is 11.5 Å². The van der Waals surface area contributed by atoms with Crippen LogP contribution in [0, 0.1) is 5.41 Å². The van der Waals surface area contributed by atoms with Crippen molar-refractivity contribution in [2.45, 2.75) is 55.1 Å². The first-order chi connectivity index (χ1) is 17.7. The van der Waals surface area contributed by atoms with Crippen LogP contribution in [-0.2, 0) is 15.1 Å². The molecule has 2 N–H and O–H groups in total. The normalized spacial score (nSPS) is 35.9. The van der Waals surface area contributed by atoms with Crippen molar-refractivity contribution in [2.24, 2.45) is 5.41 Å². The van der Waals surface area contributed by atoms with E-state index in [4.69, 9.17) is 0 Å². The molecule has 8 rings (SSSR count). The largest absolute Gasteiger partial charge is 0.374 e. The third-order valence-electron chi connectivity index (χ3n) is 9.99. The van der Waals surface area contributed by atoms with Crippen LogP contribution in [0.4, 0.5) is 11.4 Å². The van der Waals surface area contributed by atoms with Crippen LogP contribution in [0.15, 0.2) is 78.9 Å². The molecule has 1 aliphatic carbocycles. The first kappa shape index (κ1) is 20.7. The highest BCUT2D eigenvalue weighted by Gasteiger charge is 2.78. The van der Waals surface area contributed by atoms with Crippen LogP contribution < -0.4 is 10.6 Å². The number of rotatable bonds is 1. The van der Waals surface area contributed by atoms with E-state index >= 15 is 4.79 Å². The van der Waals surface area contributed by atoms with E-state index in [1.807, 2.05) is 30.3 Å². The van der Waals surface area contributed by atoms with Gasteiger partial charge in [0.15, 0.2) is 5.78 Å². The Labute approximate surface area is 210 Å². The SMILES string of the molecule is O=C1C2Nc3ccccc3C2CC[C@@]12[C@@H](c1ccccc1)C1CCCN1[C@@]21C(=O)Nc2ccccc21. The van der Waals surface area contributed by atoms with Gasteiger partial charge in [-0.1, -0.05) is 66.7 Å². The zero-order valence-corrected chi connectivity index (χ0v) is 20.1. The molecule has 180 valence electrons. The predicted octanol–water partition coefficient (Wildman–Crippen LogP) is 5.02. The fourth-order valence-corrected chi connectivity index (χ4v) is 8.92. The van der Waals surface area contributed by atoms with Crippen LogP contribution in [0.3, 0.4) is 0 Å². The minimum Gasteiger partial charge on any atom is -0.374 e. The molecule has 1 saturated carbocycles. The van der Waals surface area contributed by atoms with Crippen molar-refractivity contribution in [3.63, 3.8) is 0 Å². The summed E-state index contributed by atoms with van der Waals surface area (Å²) in [6, 6.07) is 26.8. The number of amides is 1. The second kappa shape index (κ2) is 7.07. The summed E-state index contributed by atoms with van der Waals surface area (Å²) in [5.74, 6) is 0.321. The number of hydrogen-bond acceptors (Lipinski definition) is 4. The topological polar surface area (TPSA) is 61.4 Å². The van der Waals surface area contributed by atoms with Gasteiger partial charge in [0, 0.05) is 34.8 Å². The van der Waals surface area contributed by atoms with E-state index in [2.05, 4.69) is 64.1 Å². The lowest BCUT2D eigenvalue weighted by Crippen LogP contribution is -2.64. The minimum atomic E-state index is -0.982. The minimum absolute atomic E-state index is 0.0173. The molecule has 3 fully saturated rings. The third kappa shape index (κ3) is 2.22. The molecule has 4 heterocycles. The highest BCUT2D eigenvalue weighted by molar-refractivity contribution is 6.13. The molecule has 1 amide bonds. The number of carbonyl (C=O) groups excluding carboxylic acids is 2. The van der Waals surface area contributed by atoms with Gasteiger partial charge < -0.3 is 10.6 Å². The van der Waals surface area contributed by atoms with E-state index < -0.39 is 11.0 Å². The molecule has 2 spiro atoms. The van der Waals surface area contributed by atoms with Gasteiger partial charge in [0.1, 0.15) is 5.54 Å². The molecular formula is C31H29N3O2. The number of nitrogens with one attached hydrogen (secondary N) is 2. The zero-order chi connectivity index (χ0) is 24.1. The van der Waals surface area contributed by atoms with Gasteiger partial charge in [-0.05, 0) is 55.5 Å². The summed E-state index contributed by atoms with van der Waals surface area (Å²) in [6.45, 7) is 0.840. The van der Waals surface area contributed by atoms with Gasteiger partial charge in [-0.15, -0.1) is 0 Å². The number of para-hydroxylation sites is 2. The lowest BCUT2D eigenvalue weighted by molar-refractivity contribution is -0.150. The molecule has 0 radical (unpaired) electrons. The number of carbonyl (C=O) groups is 2.